The van der Waals surface area contributed by atoms with Crippen LogP contribution in [0.2, 0.25) is 0 Å². The van der Waals surface area contributed by atoms with Crippen molar-refractivity contribution in [3.8, 4) is 0 Å². The minimum absolute atomic E-state index is 0.137. The van der Waals surface area contributed by atoms with E-state index in [9.17, 15) is 5.11 Å². The minimum Gasteiger partial charge on any atom is -0.396 e. The Morgan fingerprint density at radius 2 is 1.70 bits per heavy atom. The zero-order valence-corrected chi connectivity index (χ0v) is 7.26. The lowest BCUT2D eigenvalue weighted by atomic mass is 9.83. The first kappa shape index (κ1) is 9.92. The van der Waals surface area contributed by atoms with Crippen molar-refractivity contribution in [3.05, 3.63) is 0 Å². The summed E-state index contributed by atoms with van der Waals surface area (Å²) in [4.78, 5) is 0. The van der Waals surface area contributed by atoms with Crippen molar-refractivity contribution < 1.29 is 10.2 Å². The van der Waals surface area contributed by atoms with E-state index in [2.05, 4.69) is 0 Å². The second-order valence-electron chi connectivity index (χ2n) is 3.60. The summed E-state index contributed by atoms with van der Waals surface area (Å²) in [6, 6.07) is 0. The molecule has 2 atom stereocenters. The Hall–Kier alpha value is -0.0800. The number of aliphatic hydroxyl groups is 2. The predicted octanol–water partition coefficient (Wildman–Crippen LogP) is 1.02. The van der Waals surface area contributed by atoms with Gasteiger partial charge in [-0.15, -0.1) is 0 Å². The van der Waals surface area contributed by atoms with E-state index in [-0.39, 0.29) is 18.4 Å². The van der Waals surface area contributed by atoms with Gasteiger partial charge in [-0.05, 0) is 25.7 Å². The van der Waals surface area contributed by atoms with Crippen molar-refractivity contribution in [1.29, 1.82) is 0 Å². The van der Waals surface area contributed by atoms with Gasteiger partial charge in [-0.3, -0.25) is 0 Å². The molecule has 10 heavy (non-hydrogen) atoms. The van der Waals surface area contributed by atoms with Gasteiger partial charge in [-0.1, -0.05) is 13.8 Å². The molecule has 0 amide bonds. The highest BCUT2D eigenvalue weighted by molar-refractivity contribution is 4.77. The van der Waals surface area contributed by atoms with Gasteiger partial charge >= 0.3 is 0 Å². The van der Waals surface area contributed by atoms with Gasteiger partial charge in [-0.25, -0.2) is 0 Å². The first-order valence-corrected chi connectivity index (χ1v) is 3.72. The van der Waals surface area contributed by atoms with Crippen molar-refractivity contribution in [2.75, 3.05) is 6.61 Å². The van der Waals surface area contributed by atoms with E-state index in [1.54, 1.807) is 13.8 Å². The lowest BCUT2D eigenvalue weighted by Crippen LogP contribution is -2.34. The molecule has 2 heteroatoms. The second kappa shape index (κ2) is 3.35. The highest BCUT2D eigenvalue weighted by Crippen LogP contribution is 2.23. The SMILES string of the molecule is C[C@H]([C@@H](C)CO)C(C)(C)O. The molecule has 0 spiro atoms. The molecule has 0 aromatic carbocycles. The largest absolute Gasteiger partial charge is 0.396 e. The first-order valence-electron chi connectivity index (χ1n) is 3.72. The van der Waals surface area contributed by atoms with Gasteiger partial charge in [0.1, 0.15) is 0 Å². The van der Waals surface area contributed by atoms with Gasteiger partial charge in [0.05, 0.1) is 5.60 Å². The van der Waals surface area contributed by atoms with E-state index in [1.807, 2.05) is 13.8 Å². The molecule has 62 valence electrons. The summed E-state index contributed by atoms with van der Waals surface area (Å²) in [6.45, 7) is 7.56. The van der Waals surface area contributed by atoms with Crippen LogP contribution in [0, 0.1) is 11.8 Å². The molecule has 0 bridgehead atoms. The fourth-order valence-corrected chi connectivity index (χ4v) is 0.854. The van der Waals surface area contributed by atoms with Crippen LogP contribution in [0.25, 0.3) is 0 Å². The first-order chi connectivity index (χ1) is 4.39. The third kappa shape index (κ3) is 2.67. The number of aliphatic hydroxyl groups excluding tert-OH is 1. The summed E-state index contributed by atoms with van der Waals surface area (Å²) < 4.78 is 0. The standard InChI is InChI=1S/C8H18O2/c1-6(5-9)7(2)8(3,4)10/h6-7,9-10H,5H2,1-4H3/t6-,7+/m0/s1. The van der Waals surface area contributed by atoms with E-state index in [0.29, 0.717) is 0 Å². The quantitative estimate of drug-likeness (QED) is 0.624. The summed E-state index contributed by atoms with van der Waals surface area (Å²) in [5.74, 6) is 0.303. The van der Waals surface area contributed by atoms with Crippen LogP contribution >= 0.6 is 0 Å². The molecule has 0 saturated carbocycles. The van der Waals surface area contributed by atoms with Crippen LogP contribution in [0.1, 0.15) is 27.7 Å². The molecule has 0 rings (SSSR count). The van der Waals surface area contributed by atoms with Gasteiger partial charge in [0.2, 0.25) is 0 Å². The maximum Gasteiger partial charge on any atom is 0.0620 e. The van der Waals surface area contributed by atoms with Crippen LogP contribution in [-0.4, -0.2) is 22.4 Å². The zero-order valence-electron chi connectivity index (χ0n) is 7.26. The van der Waals surface area contributed by atoms with Crippen LogP contribution in [0.4, 0.5) is 0 Å². The molecule has 0 heterocycles. The average Bonchev–Trinajstić information content (AvgIpc) is 1.83. The average molecular weight is 146 g/mol. The predicted molar refractivity (Wildman–Crippen MR) is 41.7 cm³/mol. The molecular formula is C8H18O2. The van der Waals surface area contributed by atoms with E-state index >= 15 is 0 Å². The Morgan fingerprint density at radius 3 is 1.80 bits per heavy atom. The Kier molecular flexibility index (Phi) is 3.33. The van der Waals surface area contributed by atoms with Gasteiger partial charge < -0.3 is 10.2 Å². The van der Waals surface area contributed by atoms with Crippen LogP contribution in [0.5, 0.6) is 0 Å². The van der Waals surface area contributed by atoms with Crippen LogP contribution < -0.4 is 0 Å². The Labute approximate surface area is 62.9 Å². The van der Waals surface area contributed by atoms with E-state index in [0.717, 1.165) is 0 Å². The number of hydrogen-bond acceptors (Lipinski definition) is 2. The summed E-state index contributed by atoms with van der Waals surface area (Å²) in [5.41, 5.74) is -0.678. The molecule has 0 aromatic heterocycles. The smallest absolute Gasteiger partial charge is 0.0620 e. The third-order valence-electron chi connectivity index (χ3n) is 2.26. The fourth-order valence-electron chi connectivity index (χ4n) is 0.854. The summed E-state index contributed by atoms with van der Waals surface area (Å²) >= 11 is 0. The lowest BCUT2D eigenvalue weighted by molar-refractivity contribution is -0.00984. The molecule has 0 aliphatic rings. The maximum atomic E-state index is 9.48. The molecule has 0 unspecified atom stereocenters. The summed E-state index contributed by atoms with van der Waals surface area (Å²) in [6.07, 6.45) is 0. The highest BCUT2D eigenvalue weighted by Gasteiger charge is 2.26. The normalized spacial score (nSPS) is 18.6. The molecule has 2 nitrogen and oxygen atoms in total. The van der Waals surface area contributed by atoms with Crippen molar-refractivity contribution in [1.82, 2.24) is 0 Å². The minimum atomic E-state index is -0.678. The van der Waals surface area contributed by atoms with E-state index < -0.39 is 5.60 Å². The number of hydrogen-bond donors (Lipinski definition) is 2. The fraction of sp³-hybridized carbons (Fsp3) is 1.00. The third-order valence-corrected chi connectivity index (χ3v) is 2.26. The zero-order chi connectivity index (χ0) is 8.36. The molecule has 0 saturated heterocycles. The Bertz CT molecular complexity index is 93.9. The molecule has 0 aromatic rings. The van der Waals surface area contributed by atoms with Gasteiger partial charge in [0.25, 0.3) is 0 Å². The summed E-state index contributed by atoms with van der Waals surface area (Å²) in [5, 5.41) is 18.2. The van der Waals surface area contributed by atoms with Crippen molar-refractivity contribution in [3.63, 3.8) is 0 Å². The molecule has 0 fully saturated rings. The molecule has 2 N–H and O–H groups in total. The Balaban J connectivity index is 3.94. The topological polar surface area (TPSA) is 40.5 Å². The van der Waals surface area contributed by atoms with Crippen LogP contribution in [0.15, 0.2) is 0 Å². The van der Waals surface area contributed by atoms with E-state index in [4.69, 9.17) is 5.11 Å². The molecule has 0 aliphatic heterocycles. The monoisotopic (exact) mass is 146 g/mol. The van der Waals surface area contributed by atoms with Gasteiger partial charge in [-0.2, -0.15) is 0 Å². The summed E-state index contributed by atoms with van der Waals surface area (Å²) in [7, 11) is 0. The van der Waals surface area contributed by atoms with Gasteiger partial charge in [0, 0.05) is 6.61 Å². The van der Waals surface area contributed by atoms with Crippen LogP contribution in [-0.2, 0) is 0 Å². The lowest BCUT2D eigenvalue weighted by Gasteiger charge is -2.29. The number of rotatable bonds is 3. The van der Waals surface area contributed by atoms with Gasteiger partial charge in [0.15, 0.2) is 0 Å². The highest BCUT2D eigenvalue weighted by atomic mass is 16.3. The molecular weight excluding hydrogens is 128 g/mol. The Morgan fingerprint density at radius 1 is 1.30 bits per heavy atom. The van der Waals surface area contributed by atoms with Crippen molar-refractivity contribution in [2.24, 2.45) is 11.8 Å². The molecule has 0 radical (unpaired) electrons. The maximum absolute atomic E-state index is 9.48. The van der Waals surface area contributed by atoms with Crippen molar-refractivity contribution >= 4 is 0 Å². The van der Waals surface area contributed by atoms with Crippen LogP contribution in [0.3, 0.4) is 0 Å². The van der Waals surface area contributed by atoms with Crippen molar-refractivity contribution in [2.45, 2.75) is 33.3 Å². The molecule has 0 aliphatic carbocycles. The second-order valence-corrected chi connectivity index (χ2v) is 3.60. The van der Waals surface area contributed by atoms with E-state index in [1.165, 1.54) is 0 Å².